The van der Waals surface area contributed by atoms with Crippen LogP contribution in [0.1, 0.15) is 45.5 Å². The van der Waals surface area contributed by atoms with Gasteiger partial charge in [-0.25, -0.2) is 0 Å². The summed E-state index contributed by atoms with van der Waals surface area (Å²) >= 11 is 0. The maximum absolute atomic E-state index is 12.6. The van der Waals surface area contributed by atoms with E-state index in [1.165, 1.54) is 11.1 Å². The predicted molar refractivity (Wildman–Crippen MR) is 79.8 cm³/mol. The van der Waals surface area contributed by atoms with E-state index in [-0.39, 0.29) is 11.7 Å². The molecule has 0 fully saturated rings. The van der Waals surface area contributed by atoms with Gasteiger partial charge in [0.2, 0.25) is 0 Å². The van der Waals surface area contributed by atoms with Crippen LogP contribution in [0.25, 0.3) is 0 Å². The average Bonchev–Trinajstić information content (AvgIpc) is 2.38. The number of hydrogen-bond acceptors (Lipinski definition) is 1. The smallest absolute Gasteiger partial charge is 0.170 e. The van der Waals surface area contributed by atoms with Crippen LogP contribution < -0.4 is 0 Å². The minimum atomic E-state index is -0.0954. The van der Waals surface area contributed by atoms with Crippen molar-refractivity contribution in [3.63, 3.8) is 0 Å². The molecule has 0 N–H and O–H groups in total. The Hall–Kier alpha value is -1.89. The van der Waals surface area contributed by atoms with Crippen LogP contribution in [-0.4, -0.2) is 5.78 Å². The summed E-state index contributed by atoms with van der Waals surface area (Å²) in [6.45, 7) is 8.08. The highest BCUT2D eigenvalue weighted by Crippen LogP contribution is 2.23. The maximum atomic E-state index is 12.6. The van der Waals surface area contributed by atoms with Crippen molar-refractivity contribution in [2.75, 3.05) is 0 Å². The van der Waals surface area contributed by atoms with Crippen LogP contribution in [0.4, 0.5) is 0 Å². The number of aryl methyl sites for hydroxylation is 3. The number of carbonyl (C=O) groups is 1. The van der Waals surface area contributed by atoms with Gasteiger partial charge in [-0.1, -0.05) is 60.5 Å². The first-order valence-corrected chi connectivity index (χ1v) is 6.67. The van der Waals surface area contributed by atoms with E-state index in [0.29, 0.717) is 0 Å². The summed E-state index contributed by atoms with van der Waals surface area (Å²) in [6, 6.07) is 14.2. The van der Waals surface area contributed by atoms with Gasteiger partial charge >= 0.3 is 0 Å². The lowest BCUT2D eigenvalue weighted by molar-refractivity contribution is 0.0965. The van der Waals surface area contributed by atoms with Crippen LogP contribution in [0.3, 0.4) is 0 Å². The molecule has 98 valence electrons. The van der Waals surface area contributed by atoms with Crippen molar-refractivity contribution >= 4 is 5.78 Å². The predicted octanol–water partition coefficient (Wildman–Crippen LogP) is 4.60. The van der Waals surface area contributed by atoms with Crippen LogP contribution in [-0.2, 0) is 0 Å². The summed E-state index contributed by atoms with van der Waals surface area (Å²) < 4.78 is 0. The molecule has 0 aliphatic heterocycles. The van der Waals surface area contributed by atoms with Crippen molar-refractivity contribution in [2.45, 2.75) is 33.6 Å². The number of carbonyl (C=O) groups excluding carboxylic acids is 1. The van der Waals surface area contributed by atoms with Gasteiger partial charge in [0.15, 0.2) is 5.78 Å². The van der Waals surface area contributed by atoms with Gasteiger partial charge in [0.1, 0.15) is 0 Å². The fourth-order valence-corrected chi connectivity index (χ4v) is 2.33. The van der Waals surface area contributed by atoms with E-state index in [0.717, 1.165) is 16.7 Å². The molecule has 0 aliphatic rings. The third-order valence-corrected chi connectivity index (χ3v) is 3.62. The second-order valence-electron chi connectivity index (χ2n) is 5.31. The largest absolute Gasteiger partial charge is 0.293 e. The van der Waals surface area contributed by atoms with Gasteiger partial charge in [-0.3, -0.25) is 4.79 Å². The Kier molecular flexibility index (Phi) is 3.84. The molecule has 1 atom stereocenters. The zero-order valence-corrected chi connectivity index (χ0v) is 12.0. The molecule has 1 nitrogen and oxygen atoms in total. The van der Waals surface area contributed by atoms with Gasteiger partial charge in [-0.15, -0.1) is 0 Å². The van der Waals surface area contributed by atoms with Gasteiger partial charge in [-0.05, 0) is 31.9 Å². The van der Waals surface area contributed by atoms with E-state index < -0.39 is 0 Å². The molecular formula is C18H20O. The number of benzene rings is 2. The highest BCUT2D eigenvalue weighted by atomic mass is 16.1. The molecule has 2 aromatic carbocycles. The van der Waals surface area contributed by atoms with Crippen LogP contribution in [0, 0.1) is 20.8 Å². The van der Waals surface area contributed by atoms with Crippen LogP contribution in [0.15, 0.2) is 42.5 Å². The van der Waals surface area contributed by atoms with Gasteiger partial charge < -0.3 is 0 Å². The molecule has 0 aromatic heterocycles. The molecule has 0 saturated heterocycles. The molecule has 0 aliphatic carbocycles. The summed E-state index contributed by atoms with van der Waals surface area (Å²) in [6.07, 6.45) is 0. The van der Waals surface area contributed by atoms with Crippen molar-refractivity contribution in [1.82, 2.24) is 0 Å². The summed E-state index contributed by atoms with van der Waals surface area (Å²) in [7, 11) is 0. The fourth-order valence-electron chi connectivity index (χ4n) is 2.33. The third-order valence-electron chi connectivity index (χ3n) is 3.62. The lowest BCUT2D eigenvalue weighted by Gasteiger charge is -2.13. The zero-order valence-electron chi connectivity index (χ0n) is 12.0. The van der Waals surface area contributed by atoms with E-state index >= 15 is 0 Å². The Morgan fingerprint density at radius 2 is 1.47 bits per heavy atom. The Morgan fingerprint density at radius 3 is 2.05 bits per heavy atom. The first kappa shape index (κ1) is 13.5. The van der Waals surface area contributed by atoms with Crippen molar-refractivity contribution in [2.24, 2.45) is 0 Å². The summed E-state index contributed by atoms with van der Waals surface area (Å²) in [5.74, 6) is 0.100. The van der Waals surface area contributed by atoms with E-state index in [2.05, 4.69) is 25.1 Å². The molecule has 1 unspecified atom stereocenters. The first-order chi connectivity index (χ1) is 8.99. The molecule has 0 bridgehead atoms. The molecular weight excluding hydrogens is 232 g/mol. The second-order valence-corrected chi connectivity index (χ2v) is 5.31. The van der Waals surface area contributed by atoms with Gasteiger partial charge in [0.05, 0.1) is 0 Å². The average molecular weight is 252 g/mol. The second kappa shape index (κ2) is 5.40. The molecule has 0 saturated carbocycles. The number of Topliss-reactive ketones (excluding diaryl/α,β-unsaturated/α-hetero) is 1. The van der Waals surface area contributed by atoms with Crippen molar-refractivity contribution in [3.8, 4) is 0 Å². The van der Waals surface area contributed by atoms with E-state index in [1.807, 2.05) is 45.0 Å². The van der Waals surface area contributed by atoms with Crippen molar-refractivity contribution in [1.29, 1.82) is 0 Å². The summed E-state index contributed by atoms with van der Waals surface area (Å²) in [5.41, 5.74) is 5.38. The summed E-state index contributed by atoms with van der Waals surface area (Å²) in [4.78, 5) is 12.6. The molecule has 0 spiro atoms. The highest BCUT2D eigenvalue weighted by molar-refractivity contribution is 6.01. The van der Waals surface area contributed by atoms with E-state index in [9.17, 15) is 4.79 Å². The van der Waals surface area contributed by atoms with E-state index in [4.69, 9.17) is 0 Å². The molecule has 0 heterocycles. The molecule has 0 radical (unpaired) electrons. The van der Waals surface area contributed by atoms with Crippen molar-refractivity contribution < 1.29 is 4.79 Å². The fraction of sp³-hybridized carbons (Fsp3) is 0.278. The topological polar surface area (TPSA) is 17.1 Å². The van der Waals surface area contributed by atoms with Crippen LogP contribution in [0.2, 0.25) is 0 Å². The third kappa shape index (κ3) is 2.93. The summed E-state index contributed by atoms with van der Waals surface area (Å²) in [5, 5.41) is 0. The van der Waals surface area contributed by atoms with Gasteiger partial charge in [-0.2, -0.15) is 0 Å². The quantitative estimate of drug-likeness (QED) is 0.730. The molecule has 19 heavy (non-hydrogen) atoms. The van der Waals surface area contributed by atoms with Crippen LogP contribution >= 0.6 is 0 Å². The Labute approximate surface area is 115 Å². The Balaban J connectivity index is 2.30. The van der Waals surface area contributed by atoms with Gasteiger partial charge in [0.25, 0.3) is 0 Å². The standard InChI is InChI=1S/C18H20O/c1-12-5-8-16(9-6-12)15(4)18(19)17-10-7-13(2)11-14(17)3/h5-11,15H,1-4H3. The first-order valence-electron chi connectivity index (χ1n) is 6.67. The monoisotopic (exact) mass is 252 g/mol. The minimum absolute atomic E-state index is 0.0954. The lowest BCUT2D eigenvalue weighted by Crippen LogP contribution is -2.11. The number of ketones is 1. The molecule has 2 aromatic rings. The minimum Gasteiger partial charge on any atom is -0.293 e. The molecule has 1 heteroatoms. The van der Waals surface area contributed by atoms with Gasteiger partial charge in [0, 0.05) is 11.5 Å². The van der Waals surface area contributed by atoms with E-state index in [1.54, 1.807) is 0 Å². The zero-order chi connectivity index (χ0) is 14.0. The molecule has 0 amide bonds. The Bertz CT molecular complexity index is 594. The number of hydrogen-bond donors (Lipinski definition) is 0. The SMILES string of the molecule is Cc1ccc(C(C)C(=O)c2ccc(C)cc2C)cc1. The number of rotatable bonds is 3. The Morgan fingerprint density at radius 1 is 0.895 bits per heavy atom. The van der Waals surface area contributed by atoms with Crippen molar-refractivity contribution in [3.05, 3.63) is 70.3 Å². The maximum Gasteiger partial charge on any atom is 0.170 e. The van der Waals surface area contributed by atoms with Crippen LogP contribution in [0.5, 0.6) is 0 Å². The molecule has 2 rings (SSSR count). The normalized spacial score (nSPS) is 12.2. The lowest BCUT2D eigenvalue weighted by atomic mass is 9.89. The highest BCUT2D eigenvalue weighted by Gasteiger charge is 2.18.